The van der Waals surface area contributed by atoms with E-state index in [1.165, 1.54) is 28.9 Å². The largest absolute Gasteiger partial charge is 0.469 e. The molecule has 2 aliphatic carbocycles. The Morgan fingerprint density at radius 1 is 0.545 bits per heavy atom. The molecule has 13 nitrogen and oxygen atoms in total. The van der Waals surface area contributed by atoms with Crippen LogP contribution < -0.4 is 0 Å². The average molecular weight is 1230 g/mol. The van der Waals surface area contributed by atoms with Crippen molar-refractivity contribution in [2.24, 2.45) is 11.3 Å². The molecule has 1 N–H and O–H groups in total. The first-order valence-electron chi connectivity index (χ1n) is 30.8. The van der Waals surface area contributed by atoms with Crippen molar-refractivity contribution in [3.63, 3.8) is 0 Å². The number of nitrogens with one attached hydrogen (secondary N) is 1. The van der Waals surface area contributed by atoms with Gasteiger partial charge in [-0.3, -0.25) is 5.10 Å². The van der Waals surface area contributed by atoms with E-state index in [0.29, 0.717) is 28.6 Å². The van der Waals surface area contributed by atoms with Crippen LogP contribution in [0.1, 0.15) is 258 Å². The third kappa shape index (κ3) is 34.1. The summed E-state index contributed by atoms with van der Waals surface area (Å²) in [6.45, 7) is 60.0. The number of H-pyrrole nitrogens is 1. The van der Waals surface area contributed by atoms with E-state index in [1.54, 1.807) is 49.3 Å². The second-order valence-corrected chi connectivity index (χ2v) is 31.3. The third-order valence-corrected chi connectivity index (χ3v) is 14.1. The van der Waals surface area contributed by atoms with Gasteiger partial charge in [-0.05, 0) is 88.3 Å². The summed E-state index contributed by atoms with van der Waals surface area (Å²) in [6.07, 6.45) is 30.3. The van der Waals surface area contributed by atoms with Gasteiger partial charge < -0.3 is 26.8 Å². The van der Waals surface area contributed by atoms with Gasteiger partial charge in [-0.15, -0.1) is 11.3 Å². The average Bonchev–Trinajstić information content (AvgIpc) is 4.40. The highest BCUT2D eigenvalue weighted by Crippen LogP contribution is 2.31. The maximum Gasteiger partial charge on any atom is 0.231 e. The van der Waals surface area contributed by atoms with E-state index in [4.69, 9.17) is 26.8 Å². The quantitative estimate of drug-likeness (QED) is 0.174. The standard InChI is InChI=1S/C9H14.2C8H12O.C8H12S.C8H12.3C7H11NO.C6H10N2O.C6H10N2/c1-9(2,3)8-6-4-5-7-8;3*1-8(2,3)7-5-4-6-9-7;1-7(2)8-5-3-4-6-8;1-7(2,3)6-4-9-5-8-6;1-7(2,3)6-4-8-9-5-6;1-7(2,3)6-4-5-9-8-6;1-6(2,3)5-7-4-8-9-5;1-5(2)6-3-4-7-8-6/h4-6H,7H2,1-3H3;3*4-6H,1-3H3;3,5-7H,4H2,1-2H3;3*4-5H,1-3H3;4H,1-3H3;3-5H,1-2H3,(H,7,8). The first-order chi connectivity index (χ1) is 40.5. The van der Waals surface area contributed by atoms with Crippen LogP contribution in [0.2, 0.25) is 0 Å². The van der Waals surface area contributed by atoms with Crippen LogP contribution in [0.5, 0.6) is 0 Å². The minimum Gasteiger partial charge on any atom is -0.469 e. The smallest absolute Gasteiger partial charge is 0.231 e. The summed E-state index contributed by atoms with van der Waals surface area (Å²) < 4.78 is 29.4. The molecule has 2 aliphatic rings. The van der Waals surface area contributed by atoms with Gasteiger partial charge >= 0.3 is 0 Å². The van der Waals surface area contributed by atoms with E-state index in [9.17, 15) is 0 Å². The fraction of sp³-hybridized carbons (Fsp3) is 0.541. The van der Waals surface area contributed by atoms with Gasteiger partial charge in [0, 0.05) is 55.5 Å². The maximum absolute atomic E-state index is 5.20. The Kier molecular flexibility index (Phi) is 33.0. The number of thiophene rings is 1. The highest BCUT2D eigenvalue weighted by molar-refractivity contribution is 7.10. The molecule has 0 saturated carbocycles. The lowest BCUT2D eigenvalue weighted by Crippen LogP contribution is -2.10. The van der Waals surface area contributed by atoms with Crippen molar-refractivity contribution in [2.75, 3.05) is 0 Å². The number of nitrogens with zero attached hydrogens (tertiary/aromatic N) is 6. The highest BCUT2D eigenvalue weighted by Gasteiger charge is 2.21. The van der Waals surface area contributed by atoms with Gasteiger partial charge in [-0.2, -0.15) is 10.1 Å². The number of furan rings is 2. The van der Waals surface area contributed by atoms with Crippen LogP contribution in [-0.2, 0) is 37.9 Å². The molecule has 0 unspecified atom stereocenters. The zero-order valence-corrected chi connectivity index (χ0v) is 60.3. The third-order valence-electron chi connectivity index (χ3n) is 12.8. The van der Waals surface area contributed by atoms with Gasteiger partial charge in [0.05, 0.1) is 30.1 Å². The molecule has 0 fully saturated rings. The SMILES string of the molecule is CC(C)(C)C1=CC=CC1.CC(C)(C)c1ccco1.CC(C)(C)c1ccco1.CC(C)(C)c1cccs1.CC(C)(C)c1ccon1.CC(C)(C)c1cnoc1.CC(C)(C)c1cocn1.CC(C)(C)c1ncno1.CC(C)C1=CCC=C1.CC(C)c1ccn[nH]1. The van der Waals surface area contributed by atoms with Gasteiger partial charge in [-0.1, -0.05) is 257 Å². The molecule has 14 heteroatoms. The molecule has 0 saturated heterocycles. The van der Waals surface area contributed by atoms with E-state index < -0.39 is 0 Å². The van der Waals surface area contributed by atoms with E-state index in [1.807, 2.05) is 68.5 Å². The predicted octanol–water partition coefficient (Wildman–Crippen LogP) is 22.5. The van der Waals surface area contributed by atoms with Gasteiger partial charge in [-0.25, -0.2) is 4.98 Å². The number of oxazole rings is 1. The van der Waals surface area contributed by atoms with E-state index in [0.717, 1.165) is 41.3 Å². The Labute approximate surface area is 535 Å². The molecule has 0 atom stereocenters. The van der Waals surface area contributed by atoms with Crippen LogP contribution in [-0.4, -0.2) is 35.6 Å². The lowest BCUT2D eigenvalue weighted by Gasteiger charge is -2.19. The lowest BCUT2D eigenvalue weighted by molar-refractivity contribution is 0.320. The van der Waals surface area contributed by atoms with E-state index in [2.05, 4.69) is 263 Å². The van der Waals surface area contributed by atoms with Gasteiger partial charge in [0.15, 0.2) is 12.7 Å². The summed E-state index contributed by atoms with van der Waals surface area (Å²) in [4.78, 5) is 9.39. The van der Waals surface area contributed by atoms with Crippen LogP contribution in [0.4, 0.5) is 0 Å². The van der Waals surface area contributed by atoms with Gasteiger partial charge in [0.2, 0.25) is 5.89 Å². The molecule has 0 aromatic carbocycles. The van der Waals surface area contributed by atoms with Crippen LogP contribution in [0, 0.1) is 11.3 Å². The van der Waals surface area contributed by atoms with Crippen molar-refractivity contribution < 1.29 is 26.8 Å². The van der Waals surface area contributed by atoms with Gasteiger partial charge in [0.25, 0.3) is 0 Å². The molecular formula is C74H115N7O6S. The number of aromatic nitrogens is 7. The van der Waals surface area contributed by atoms with E-state index in [-0.39, 0.29) is 32.5 Å². The van der Waals surface area contributed by atoms with Crippen molar-refractivity contribution in [3.05, 3.63) is 203 Å². The Morgan fingerprint density at radius 2 is 1.15 bits per heavy atom. The summed E-state index contributed by atoms with van der Waals surface area (Å²) in [5.74, 6) is 4.05. The van der Waals surface area contributed by atoms with Crippen molar-refractivity contribution in [1.82, 2.24) is 35.6 Å². The maximum atomic E-state index is 5.20. The molecule has 0 spiro atoms. The van der Waals surface area contributed by atoms with Crippen molar-refractivity contribution in [2.45, 2.75) is 251 Å². The zero-order valence-electron chi connectivity index (χ0n) is 59.5. The van der Waals surface area contributed by atoms with Crippen LogP contribution in [0.3, 0.4) is 0 Å². The monoisotopic (exact) mass is 1230 g/mol. The fourth-order valence-electron chi connectivity index (χ4n) is 6.87. The number of allylic oxidation sites excluding steroid dienone is 8. The molecule has 0 aliphatic heterocycles. The minimum absolute atomic E-state index is 0.0174. The van der Waals surface area contributed by atoms with Crippen LogP contribution in [0.15, 0.2) is 185 Å². The highest BCUT2D eigenvalue weighted by atomic mass is 32.1. The molecule has 0 radical (unpaired) electrons. The minimum atomic E-state index is -0.0174. The molecule has 8 aromatic heterocycles. The molecular weight excluding hydrogens is 1110 g/mol. The summed E-state index contributed by atoms with van der Waals surface area (Å²) in [7, 11) is 0. The topological polar surface area (TPSA) is 172 Å². The zero-order chi connectivity index (χ0) is 67.2. The van der Waals surface area contributed by atoms with E-state index >= 15 is 0 Å². The summed E-state index contributed by atoms with van der Waals surface area (Å²) in [5.41, 5.74) is 8.80. The number of hydrogen-bond donors (Lipinski definition) is 1. The molecule has 0 amide bonds. The normalized spacial score (nSPS) is 12.9. The lowest BCUT2D eigenvalue weighted by atomic mass is 9.86. The Bertz CT molecular complexity index is 2590. The number of aromatic amines is 1. The molecule has 8 aromatic rings. The molecule has 8 heterocycles. The second kappa shape index (κ2) is 36.6. The first kappa shape index (κ1) is 79.2. The van der Waals surface area contributed by atoms with Crippen LogP contribution in [0.25, 0.3) is 0 Å². The second-order valence-electron chi connectivity index (χ2n) is 30.3. The van der Waals surface area contributed by atoms with Crippen molar-refractivity contribution in [3.8, 4) is 0 Å². The van der Waals surface area contributed by atoms with Crippen LogP contribution >= 0.6 is 11.3 Å². The Balaban J connectivity index is 0.000000489. The fourth-order valence-corrected chi connectivity index (χ4v) is 7.69. The van der Waals surface area contributed by atoms with Gasteiger partial charge in [0.1, 0.15) is 30.3 Å². The number of hydrogen-bond acceptors (Lipinski definition) is 13. The summed E-state index contributed by atoms with van der Waals surface area (Å²) in [5, 5.41) is 19.8. The first-order valence-corrected chi connectivity index (χ1v) is 31.6. The molecule has 0 bridgehead atoms. The van der Waals surface area contributed by atoms with Crippen molar-refractivity contribution in [1.29, 1.82) is 0 Å². The number of rotatable bonds is 2. The van der Waals surface area contributed by atoms with Crippen molar-refractivity contribution >= 4 is 11.3 Å². The molecule has 488 valence electrons. The summed E-state index contributed by atoms with van der Waals surface area (Å²) in [6, 6.07) is 16.0. The Hall–Kier alpha value is -6.80. The Morgan fingerprint density at radius 3 is 1.35 bits per heavy atom. The molecule has 10 rings (SSSR count). The molecule has 88 heavy (non-hydrogen) atoms. The predicted molar refractivity (Wildman–Crippen MR) is 367 cm³/mol. The summed E-state index contributed by atoms with van der Waals surface area (Å²) >= 11 is 1.83.